The summed E-state index contributed by atoms with van der Waals surface area (Å²) >= 11 is 5.76. The normalized spacial score (nSPS) is 12.4. The van der Waals surface area contributed by atoms with Crippen molar-refractivity contribution in [3.05, 3.63) is 35.5 Å². The first-order chi connectivity index (χ1) is 9.61. The molecule has 2 rings (SSSR count). The molecule has 0 radical (unpaired) electrons. The molecule has 0 atom stereocenters. The number of hydrogen-bond donors (Lipinski definition) is 1. The average molecular weight is 341 g/mol. The Labute approximate surface area is 122 Å². The smallest absolute Gasteiger partial charge is 0.324 e. The van der Waals surface area contributed by atoms with Gasteiger partial charge in [0.25, 0.3) is 10.0 Å². The zero-order valence-corrected chi connectivity index (χ0v) is 12.0. The summed E-state index contributed by atoms with van der Waals surface area (Å²) in [5, 5.41) is -0.547. The molecule has 21 heavy (non-hydrogen) atoms. The molecule has 0 amide bonds. The molecule has 2 heterocycles. The molecule has 0 aromatic carbocycles. The van der Waals surface area contributed by atoms with Gasteiger partial charge in [0.05, 0.1) is 18.2 Å². The Balaban J connectivity index is 2.27. The predicted octanol–water partition coefficient (Wildman–Crippen LogP) is 2.29. The van der Waals surface area contributed by atoms with Crippen molar-refractivity contribution in [2.24, 2.45) is 7.05 Å². The van der Waals surface area contributed by atoms with Gasteiger partial charge in [0.15, 0.2) is 0 Å². The average Bonchev–Trinajstić information content (AvgIpc) is 2.69. The van der Waals surface area contributed by atoms with Crippen molar-refractivity contribution in [2.45, 2.75) is 11.2 Å². The summed E-state index contributed by atoms with van der Waals surface area (Å²) in [6.45, 7) is 0. The van der Waals surface area contributed by atoms with Gasteiger partial charge in [-0.05, 0) is 12.1 Å². The van der Waals surface area contributed by atoms with Gasteiger partial charge in [-0.3, -0.25) is 4.72 Å². The number of nitrogens with zero attached hydrogens (tertiary/aromatic N) is 3. The van der Waals surface area contributed by atoms with Gasteiger partial charge in [0.2, 0.25) is 5.03 Å². The van der Waals surface area contributed by atoms with Crippen LogP contribution in [0.2, 0.25) is 5.15 Å². The topological polar surface area (TPSA) is 76.9 Å². The van der Waals surface area contributed by atoms with Gasteiger partial charge in [0, 0.05) is 7.05 Å². The van der Waals surface area contributed by atoms with Crippen LogP contribution in [0.5, 0.6) is 0 Å². The van der Waals surface area contributed by atoms with E-state index in [-0.39, 0.29) is 10.8 Å². The van der Waals surface area contributed by atoms with Crippen LogP contribution in [-0.4, -0.2) is 23.0 Å². The molecular formula is C10H8ClF3N4O2S. The minimum Gasteiger partial charge on any atom is -0.324 e. The van der Waals surface area contributed by atoms with E-state index >= 15 is 0 Å². The summed E-state index contributed by atoms with van der Waals surface area (Å²) in [6, 6.07) is 1.61. The molecule has 2 aromatic rings. The van der Waals surface area contributed by atoms with Crippen LogP contribution in [0.25, 0.3) is 0 Å². The van der Waals surface area contributed by atoms with Gasteiger partial charge in [-0.2, -0.15) is 21.6 Å². The van der Waals surface area contributed by atoms with Crippen molar-refractivity contribution < 1.29 is 21.6 Å². The van der Waals surface area contributed by atoms with Gasteiger partial charge in [-0.25, -0.2) is 9.97 Å². The SMILES string of the molecule is Cn1cnc(S(=O)(=O)Nc2ccc(C(F)(F)F)nc2)c1Cl. The molecule has 2 aromatic heterocycles. The summed E-state index contributed by atoms with van der Waals surface area (Å²) in [5.74, 6) is 0. The van der Waals surface area contributed by atoms with Crippen molar-refractivity contribution in [2.75, 3.05) is 4.72 Å². The minimum absolute atomic E-state index is 0.123. The molecule has 0 aliphatic heterocycles. The lowest BCUT2D eigenvalue weighted by Gasteiger charge is -2.08. The Kier molecular flexibility index (Phi) is 3.85. The number of nitrogens with one attached hydrogen (secondary N) is 1. The lowest BCUT2D eigenvalue weighted by Crippen LogP contribution is -2.15. The second-order valence-electron chi connectivity index (χ2n) is 3.99. The van der Waals surface area contributed by atoms with E-state index < -0.39 is 26.9 Å². The van der Waals surface area contributed by atoms with Gasteiger partial charge in [-0.15, -0.1) is 0 Å². The number of alkyl halides is 3. The van der Waals surface area contributed by atoms with Crippen LogP contribution in [0.3, 0.4) is 0 Å². The second kappa shape index (κ2) is 5.19. The number of aryl methyl sites for hydroxylation is 1. The third-order valence-electron chi connectivity index (χ3n) is 2.40. The zero-order valence-electron chi connectivity index (χ0n) is 10.4. The molecule has 0 saturated carbocycles. The molecular weight excluding hydrogens is 333 g/mol. The van der Waals surface area contributed by atoms with E-state index in [0.29, 0.717) is 6.07 Å². The summed E-state index contributed by atoms with van der Waals surface area (Å²) in [6.07, 6.45) is -2.64. The van der Waals surface area contributed by atoms with Crippen molar-refractivity contribution in [3.63, 3.8) is 0 Å². The first-order valence-electron chi connectivity index (χ1n) is 5.34. The van der Waals surface area contributed by atoms with Crippen LogP contribution in [0.1, 0.15) is 5.69 Å². The minimum atomic E-state index is -4.60. The summed E-state index contributed by atoms with van der Waals surface area (Å²) in [4.78, 5) is 6.76. The number of anilines is 1. The van der Waals surface area contributed by atoms with Crippen LogP contribution in [0.4, 0.5) is 18.9 Å². The van der Waals surface area contributed by atoms with E-state index in [4.69, 9.17) is 11.6 Å². The third-order valence-corrected chi connectivity index (χ3v) is 4.26. The molecule has 0 aliphatic rings. The largest absolute Gasteiger partial charge is 0.433 e. The molecule has 114 valence electrons. The fraction of sp³-hybridized carbons (Fsp3) is 0.200. The quantitative estimate of drug-likeness (QED) is 0.930. The Hall–Kier alpha value is -1.81. The van der Waals surface area contributed by atoms with Crippen LogP contribution >= 0.6 is 11.6 Å². The predicted molar refractivity (Wildman–Crippen MR) is 68.3 cm³/mol. The second-order valence-corrected chi connectivity index (χ2v) is 5.94. The maximum absolute atomic E-state index is 12.3. The van der Waals surface area contributed by atoms with Crippen LogP contribution in [-0.2, 0) is 23.2 Å². The van der Waals surface area contributed by atoms with Crippen LogP contribution in [0.15, 0.2) is 29.7 Å². The monoisotopic (exact) mass is 340 g/mol. The van der Waals surface area contributed by atoms with Gasteiger partial charge < -0.3 is 4.57 Å². The van der Waals surface area contributed by atoms with Gasteiger partial charge >= 0.3 is 6.18 Å². The molecule has 1 N–H and O–H groups in total. The Morgan fingerprint density at radius 1 is 1.29 bits per heavy atom. The number of hydrogen-bond acceptors (Lipinski definition) is 4. The highest BCUT2D eigenvalue weighted by Gasteiger charge is 2.32. The number of imidazole rings is 1. The first-order valence-corrected chi connectivity index (χ1v) is 7.20. The molecule has 0 bridgehead atoms. The molecule has 0 aliphatic carbocycles. The molecule has 0 unspecified atom stereocenters. The third kappa shape index (κ3) is 3.27. The lowest BCUT2D eigenvalue weighted by atomic mass is 10.3. The number of halogens is 4. The maximum Gasteiger partial charge on any atom is 0.433 e. The van der Waals surface area contributed by atoms with Crippen molar-refractivity contribution in [1.29, 1.82) is 0 Å². The fourth-order valence-electron chi connectivity index (χ4n) is 1.40. The Bertz CT molecular complexity index is 756. The van der Waals surface area contributed by atoms with E-state index in [9.17, 15) is 21.6 Å². The lowest BCUT2D eigenvalue weighted by molar-refractivity contribution is -0.141. The Morgan fingerprint density at radius 3 is 2.38 bits per heavy atom. The van der Waals surface area contributed by atoms with Gasteiger partial charge in [0.1, 0.15) is 10.8 Å². The van der Waals surface area contributed by atoms with Crippen LogP contribution in [0, 0.1) is 0 Å². The maximum atomic E-state index is 12.3. The highest BCUT2D eigenvalue weighted by molar-refractivity contribution is 7.92. The zero-order chi connectivity index (χ0) is 15.8. The summed E-state index contributed by atoms with van der Waals surface area (Å²) in [5.41, 5.74) is -1.26. The summed E-state index contributed by atoms with van der Waals surface area (Å²) < 4.78 is 64.4. The molecule has 11 heteroatoms. The first kappa shape index (κ1) is 15.6. The van der Waals surface area contributed by atoms with Crippen molar-refractivity contribution in [3.8, 4) is 0 Å². The molecule has 0 saturated heterocycles. The van der Waals surface area contributed by atoms with E-state index in [1.165, 1.54) is 17.9 Å². The van der Waals surface area contributed by atoms with E-state index in [1.807, 2.05) is 4.72 Å². The highest BCUT2D eigenvalue weighted by Crippen LogP contribution is 2.28. The van der Waals surface area contributed by atoms with E-state index in [0.717, 1.165) is 12.3 Å². The number of pyridine rings is 1. The number of sulfonamides is 1. The standard InChI is InChI=1S/C10H8ClF3N4O2S/c1-18-5-16-9(8(18)11)21(19,20)17-6-2-3-7(15-4-6)10(12,13)14/h2-5,17H,1H3. The molecule has 0 spiro atoms. The highest BCUT2D eigenvalue weighted by atomic mass is 35.5. The number of aromatic nitrogens is 3. The van der Waals surface area contributed by atoms with Crippen molar-refractivity contribution >= 4 is 27.3 Å². The molecule has 6 nitrogen and oxygen atoms in total. The van der Waals surface area contributed by atoms with E-state index in [2.05, 4.69) is 9.97 Å². The molecule has 0 fully saturated rings. The summed E-state index contributed by atoms with van der Waals surface area (Å²) in [7, 11) is -2.61. The number of rotatable bonds is 3. The van der Waals surface area contributed by atoms with Crippen LogP contribution < -0.4 is 4.72 Å². The van der Waals surface area contributed by atoms with Crippen molar-refractivity contribution in [1.82, 2.24) is 14.5 Å². The fourth-order valence-corrected chi connectivity index (χ4v) is 2.88. The van der Waals surface area contributed by atoms with E-state index in [1.54, 1.807) is 0 Å². The van der Waals surface area contributed by atoms with Gasteiger partial charge in [-0.1, -0.05) is 11.6 Å². The Morgan fingerprint density at radius 2 is 1.95 bits per heavy atom.